The number of nitrogens with zero attached hydrogens (tertiary/aromatic N) is 1. The van der Waals surface area contributed by atoms with Gasteiger partial charge >= 0.3 is 0 Å². The molecule has 1 aliphatic carbocycles. The van der Waals surface area contributed by atoms with Crippen LogP contribution in [-0.4, -0.2) is 4.98 Å². The third-order valence-electron chi connectivity index (χ3n) is 4.37. The minimum Gasteiger partial charge on any atom is -0.378 e. The van der Waals surface area contributed by atoms with Gasteiger partial charge in [0.25, 0.3) is 0 Å². The van der Waals surface area contributed by atoms with Crippen molar-refractivity contribution < 1.29 is 4.39 Å². The Kier molecular flexibility index (Phi) is 2.59. The predicted molar refractivity (Wildman–Crippen MR) is 77.0 cm³/mol. The normalized spacial score (nSPS) is 26.8. The van der Waals surface area contributed by atoms with Crippen LogP contribution in [-0.2, 0) is 0 Å². The van der Waals surface area contributed by atoms with Crippen LogP contribution in [0, 0.1) is 11.7 Å². The molecule has 2 heterocycles. The predicted octanol–water partition coefficient (Wildman–Crippen LogP) is 4.05. The largest absolute Gasteiger partial charge is 0.378 e. The van der Waals surface area contributed by atoms with Crippen LogP contribution in [0.4, 0.5) is 10.1 Å². The average Bonchev–Trinajstić information content (AvgIpc) is 2.97. The van der Waals surface area contributed by atoms with E-state index in [2.05, 4.69) is 28.5 Å². The number of fused-ring (bicyclic) bond motifs is 3. The van der Waals surface area contributed by atoms with E-state index >= 15 is 0 Å². The fourth-order valence-electron chi connectivity index (χ4n) is 3.46. The molecule has 20 heavy (non-hydrogen) atoms. The highest BCUT2D eigenvalue weighted by atomic mass is 19.1. The maximum Gasteiger partial charge on any atom is 0.123 e. The first-order chi connectivity index (χ1) is 9.83. The highest BCUT2D eigenvalue weighted by molar-refractivity contribution is 5.59. The van der Waals surface area contributed by atoms with E-state index in [0.29, 0.717) is 11.8 Å². The van der Waals surface area contributed by atoms with Gasteiger partial charge in [0.1, 0.15) is 5.82 Å². The quantitative estimate of drug-likeness (QED) is 0.788. The standard InChI is InChI=1S/C17H15FN2/c18-12-6-7-16-15(9-12)13-4-1-5-14(13)17(20-16)11-3-2-8-19-10-11/h1-4,6-10,13-14,17,20H,5H2/t13-,14-,17-/m1/s1. The first-order valence-corrected chi connectivity index (χ1v) is 6.95. The van der Waals surface area contributed by atoms with Gasteiger partial charge < -0.3 is 5.32 Å². The first-order valence-electron chi connectivity index (χ1n) is 6.95. The average molecular weight is 266 g/mol. The summed E-state index contributed by atoms with van der Waals surface area (Å²) in [5.41, 5.74) is 3.30. The number of allylic oxidation sites excluding steroid dienone is 2. The maximum atomic E-state index is 13.5. The number of hydrogen-bond acceptors (Lipinski definition) is 2. The van der Waals surface area contributed by atoms with Crippen molar-refractivity contribution in [1.82, 2.24) is 4.98 Å². The lowest BCUT2D eigenvalue weighted by atomic mass is 9.77. The Bertz CT molecular complexity index is 666. The van der Waals surface area contributed by atoms with Gasteiger partial charge in [-0.2, -0.15) is 0 Å². The molecule has 0 spiro atoms. The number of benzene rings is 1. The zero-order valence-electron chi connectivity index (χ0n) is 11.0. The van der Waals surface area contributed by atoms with Gasteiger partial charge in [0.2, 0.25) is 0 Å². The Balaban J connectivity index is 1.80. The molecular formula is C17H15FN2. The van der Waals surface area contributed by atoms with Gasteiger partial charge in [0.05, 0.1) is 6.04 Å². The van der Waals surface area contributed by atoms with E-state index < -0.39 is 0 Å². The van der Waals surface area contributed by atoms with Gasteiger partial charge in [-0.3, -0.25) is 4.98 Å². The third kappa shape index (κ3) is 1.73. The highest BCUT2D eigenvalue weighted by Crippen LogP contribution is 2.49. The summed E-state index contributed by atoms with van der Waals surface area (Å²) in [5.74, 6) is 0.574. The van der Waals surface area contributed by atoms with Gasteiger partial charge in [0, 0.05) is 24.0 Å². The summed E-state index contributed by atoms with van der Waals surface area (Å²) in [6, 6.07) is 9.33. The number of nitrogens with one attached hydrogen (secondary N) is 1. The summed E-state index contributed by atoms with van der Waals surface area (Å²) >= 11 is 0. The molecule has 1 aromatic carbocycles. The Morgan fingerprint density at radius 2 is 2.20 bits per heavy atom. The highest BCUT2D eigenvalue weighted by Gasteiger charge is 2.37. The molecule has 4 rings (SSSR count). The topological polar surface area (TPSA) is 24.9 Å². The molecule has 2 aliphatic rings. The Labute approximate surface area is 117 Å². The van der Waals surface area contributed by atoms with Gasteiger partial charge in [-0.25, -0.2) is 4.39 Å². The van der Waals surface area contributed by atoms with Gasteiger partial charge in [-0.1, -0.05) is 18.2 Å². The van der Waals surface area contributed by atoms with Gasteiger partial charge in [-0.05, 0) is 47.7 Å². The van der Waals surface area contributed by atoms with Crippen LogP contribution in [0.25, 0.3) is 0 Å². The second-order valence-electron chi connectivity index (χ2n) is 5.49. The maximum absolute atomic E-state index is 13.5. The van der Waals surface area contributed by atoms with Crippen molar-refractivity contribution in [2.45, 2.75) is 18.4 Å². The second kappa shape index (κ2) is 4.44. The molecular weight excluding hydrogens is 251 g/mol. The van der Waals surface area contributed by atoms with Crippen LogP contribution in [0.15, 0.2) is 54.9 Å². The summed E-state index contributed by atoms with van der Waals surface area (Å²) in [7, 11) is 0. The Morgan fingerprint density at radius 1 is 1.25 bits per heavy atom. The molecule has 3 atom stereocenters. The summed E-state index contributed by atoms with van der Waals surface area (Å²) in [6.45, 7) is 0. The molecule has 0 saturated carbocycles. The third-order valence-corrected chi connectivity index (χ3v) is 4.37. The van der Waals surface area contributed by atoms with Crippen LogP contribution in [0.2, 0.25) is 0 Å². The Hall–Kier alpha value is -2.16. The van der Waals surface area contributed by atoms with E-state index in [-0.39, 0.29) is 11.9 Å². The molecule has 1 aliphatic heterocycles. The first kappa shape index (κ1) is 11.6. The van der Waals surface area contributed by atoms with E-state index in [1.807, 2.05) is 18.3 Å². The monoisotopic (exact) mass is 266 g/mol. The van der Waals surface area contributed by atoms with Crippen LogP contribution in [0.5, 0.6) is 0 Å². The number of hydrogen-bond donors (Lipinski definition) is 1. The van der Waals surface area contributed by atoms with Crippen LogP contribution < -0.4 is 5.32 Å². The van der Waals surface area contributed by atoms with Crippen molar-refractivity contribution in [3.63, 3.8) is 0 Å². The molecule has 0 radical (unpaired) electrons. The van der Waals surface area contributed by atoms with Gasteiger partial charge in [-0.15, -0.1) is 0 Å². The van der Waals surface area contributed by atoms with Crippen molar-refractivity contribution in [3.8, 4) is 0 Å². The molecule has 0 bridgehead atoms. The van der Waals surface area contributed by atoms with Crippen molar-refractivity contribution in [3.05, 3.63) is 71.8 Å². The number of pyridine rings is 1. The van der Waals surface area contributed by atoms with E-state index in [9.17, 15) is 4.39 Å². The minimum absolute atomic E-state index is 0.163. The van der Waals surface area contributed by atoms with Crippen molar-refractivity contribution >= 4 is 5.69 Å². The zero-order valence-corrected chi connectivity index (χ0v) is 11.0. The molecule has 2 aromatic rings. The van der Waals surface area contributed by atoms with E-state index in [1.54, 1.807) is 12.3 Å². The summed E-state index contributed by atoms with van der Waals surface area (Å²) in [5, 5.41) is 3.57. The SMILES string of the molecule is Fc1ccc2c(c1)[C@@H]1C=CC[C@H]1[C@@H](c1cccnc1)N2. The lowest BCUT2D eigenvalue weighted by molar-refractivity contribution is 0.423. The minimum atomic E-state index is -0.163. The van der Waals surface area contributed by atoms with Crippen LogP contribution in [0.1, 0.15) is 29.5 Å². The van der Waals surface area contributed by atoms with E-state index in [4.69, 9.17) is 0 Å². The summed E-state index contributed by atoms with van der Waals surface area (Å²) in [4.78, 5) is 4.22. The fourth-order valence-corrected chi connectivity index (χ4v) is 3.46. The van der Waals surface area contributed by atoms with Crippen LogP contribution >= 0.6 is 0 Å². The number of anilines is 1. The molecule has 2 nitrogen and oxygen atoms in total. The summed E-state index contributed by atoms with van der Waals surface area (Å²) in [6.07, 6.45) is 9.16. The molecule has 100 valence electrons. The number of aromatic nitrogens is 1. The van der Waals surface area contributed by atoms with E-state index in [1.165, 1.54) is 11.6 Å². The van der Waals surface area contributed by atoms with Crippen molar-refractivity contribution in [1.29, 1.82) is 0 Å². The molecule has 0 fully saturated rings. The lowest BCUT2D eigenvalue weighted by Crippen LogP contribution is -2.29. The molecule has 1 N–H and O–H groups in total. The smallest absolute Gasteiger partial charge is 0.123 e. The number of halogens is 1. The van der Waals surface area contributed by atoms with E-state index in [0.717, 1.165) is 17.7 Å². The molecule has 0 unspecified atom stereocenters. The molecule has 0 amide bonds. The van der Waals surface area contributed by atoms with Gasteiger partial charge in [0.15, 0.2) is 0 Å². The van der Waals surface area contributed by atoms with Crippen LogP contribution in [0.3, 0.4) is 0 Å². The Morgan fingerprint density at radius 3 is 3.05 bits per heavy atom. The summed E-state index contributed by atoms with van der Waals surface area (Å²) < 4.78 is 13.5. The van der Waals surface area contributed by atoms with Crippen molar-refractivity contribution in [2.24, 2.45) is 5.92 Å². The van der Waals surface area contributed by atoms with Crippen molar-refractivity contribution in [2.75, 3.05) is 5.32 Å². The lowest BCUT2D eigenvalue weighted by Gasteiger charge is -2.37. The molecule has 3 heteroatoms. The zero-order chi connectivity index (χ0) is 13.5. The fraction of sp³-hybridized carbons (Fsp3) is 0.235. The second-order valence-corrected chi connectivity index (χ2v) is 5.49. The molecule has 1 aromatic heterocycles. The number of rotatable bonds is 1. The molecule has 0 saturated heterocycles.